The molecule has 2 aromatic rings. The van der Waals surface area contributed by atoms with Crippen LogP contribution in [0.4, 0.5) is 10.5 Å². The molecule has 1 aliphatic heterocycles. The van der Waals surface area contributed by atoms with Crippen LogP contribution in [-0.2, 0) is 4.74 Å². The van der Waals surface area contributed by atoms with Gasteiger partial charge in [0.25, 0.3) is 0 Å². The van der Waals surface area contributed by atoms with Gasteiger partial charge in [-0.2, -0.15) is 0 Å². The summed E-state index contributed by atoms with van der Waals surface area (Å²) in [5.74, 6) is 0. The number of rotatable bonds is 3. The van der Waals surface area contributed by atoms with Gasteiger partial charge in [0.1, 0.15) is 0 Å². The van der Waals surface area contributed by atoms with Gasteiger partial charge in [0.2, 0.25) is 0 Å². The summed E-state index contributed by atoms with van der Waals surface area (Å²) in [7, 11) is 0. The monoisotopic (exact) mass is 456 g/mol. The average Bonchev–Trinajstić information content (AvgIpc) is 2.62. The Hall–Kier alpha value is -1.43. The Morgan fingerprint density at radius 3 is 2.42 bits per heavy atom. The number of anilines is 1. The molecule has 0 radical (unpaired) electrons. The van der Waals surface area contributed by atoms with E-state index in [9.17, 15) is 4.79 Å². The van der Waals surface area contributed by atoms with Crippen LogP contribution in [0.2, 0.25) is 5.02 Å². The predicted octanol–water partition coefficient (Wildman–Crippen LogP) is 5.69. The lowest BCUT2D eigenvalue weighted by molar-refractivity contribution is 0.0756. The fourth-order valence-electron chi connectivity index (χ4n) is 3.06. The summed E-state index contributed by atoms with van der Waals surface area (Å²) < 4.78 is 6.22. The van der Waals surface area contributed by atoms with Crippen molar-refractivity contribution in [2.75, 3.05) is 24.5 Å². The van der Waals surface area contributed by atoms with Crippen LogP contribution in [-0.4, -0.2) is 36.2 Å². The zero-order chi connectivity index (χ0) is 18.7. The first-order valence-electron chi connectivity index (χ1n) is 8.31. The molecule has 138 valence electrons. The normalized spacial score (nSPS) is 18.5. The minimum absolute atomic E-state index is 0.129. The third-order valence-electron chi connectivity index (χ3n) is 4.32. The lowest BCUT2D eigenvalue weighted by Crippen LogP contribution is -2.51. The van der Waals surface area contributed by atoms with Crippen molar-refractivity contribution >= 4 is 50.9 Å². The molecule has 0 saturated carbocycles. The van der Waals surface area contributed by atoms with Crippen LogP contribution < -0.4 is 4.90 Å². The molecule has 1 heterocycles. The lowest BCUT2D eigenvalue weighted by atomic mass is 10.0. The molecule has 3 rings (SSSR count). The molecule has 26 heavy (non-hydrogen) atoms. The minimum Gasteiger partial charge on any atom is -0.430 e. The largest absolute Gasteiger partial charge is 0.430 e. The van der Waals surface area contributed by atoms with Crippen LogP contribution in [0, 0.1) is 0 Å². The highest BCUT2D eigenvalue weighted by atomic mass is 79.9. The molecule has 4 nitrogen and oxygen atoms in total. The van der Waals surface area contributed by atoms with Gasteiger partial charge >= 0.3 is 6.09 Å². The van der Waals surface area contributed by atoms with Crippen molar-refractivity contribution in [2.45, 2.75) is 18.5 Å². The van der Waals surface area contributed by atoms with E-state index in [0.29, 0.717) is 24.7 Å². The smallest absolute Gasteiger partial charge is 0.411 e. The number of carbonyl (C=O) groups is 1. The summed E-state index contributed by atoms with van der Waals surface area (Å²) in [5, 5.41) is 0.705. The highest BCUT2D eigenvalue weighted by molar-refractivity contribution is 9.10. The Bertz CT molecular complexity index is 753. The molecular formula is C19H19BrCl2N2O2. The molecule has 1 aliphatic rings. The molecule has 0 bridgehead atoms. The van der Waals surface area contributed by atoms with Crippen molar-refractivity contribution in [1.82, 2.24) is 4.90 Å². The van der Waals surface area contributed by atoms with E-state index in [1.807, 2.05) is 48.5 Å². The fraction of sp³-hybridized carbons (Fsp3) is 0.316. The summed E-state index contributed by atoms with van der Waals surface area (Å²) in [4.78, 5) is 16.5. The minimum atomic E-state index is -0.664. The van der Waals surface area contributed by atoms with E-state index in [0.717, 1.165) is 15.7 Å². The zero-order valence-electron chi connectivity index (χ0n) is 14.2. The maximum absolute atomic E-state index is 12.5. The number of alkyl halides is 1. The van der Waals surface area contributed by atoms with Gasteiger partial charge < -0.3 is 9.64 Å². The van der Waals surface area contributed by atoms with Crippen molar-refractivity contribution in [3.8, 4) is 0 Å². The number of benzene rings is 2. The van der Waals surface area contributed by atoms with Crippen LogP contribution in [0.25, 0.3) is 0 Å². The van der Waals surface area contributed by atoms with Crippen LogP contribution in [0.1, 0.15) is 18.5 Å². The molecule has 1 saturated heterocycles. The van der Waals surface area contributed by atoms with Crippen molar-refractivity contribution < 1.29 is 9.53 Å². The Morgan fingerprint density at radius 2 is 1.81 bits per heavy atom. The van der Waals surface area contributed by atoms with Gasteiger partial charge in [-0.05, 0) is 48.9 Å². The molecule has 2 unspecified atom stereocenters. The predicted molar refractivity (Wildman–Crippen MR) is 109 cm³/mol. The van der Waals surface area contributed by atoms with Crippen molar-refractivity contribution in [3.05, 3.63) is 63.6 Å². The zero-order valence-corrected chi connectivity index (χ0v) is 17.3. The van der Waals surface area contributed by atoms with Gasteiger partial charge in [-0.15, -0.1) is 0 Å². The molecule has 2 atom stereocenters. The Labute approximate surface area is 171 Å². The summed E-state index contributed by atoms with van der Waals surface area (Å²) in [6.45, 7) is 3.55. The number of hydrogen-bond acceptors (Lipinski definition) is 3. The number of carbonyl (C=O) groups excluding carboxylic acids is 1. The number of ether oxygens (including phenoxy) is 1. The third-order valence-corrected chi connectivity index (χ3v) is 5.19. The summed E-state index contributed by atoms with van der Waals surface area (Å²) >= 11 is 15.3. The number of halogens is 3. The molecule has 0 aliphatic carbocycles. The van der Waals surface area contributed by atoms with Crippen molar-refractivity contribution in [1.29, 1.82) is 0 Å². The van der Waals surface area contributed by atoms with Gasteiger partial charge in [0.05, 0.1) is 6.04 Å². The van der Waals surface area contributed by atoms with E-state index in [1.54, 1.807) is 11.8 Å². The summed E-state index contributed by atoms with van der Waals surface area (Å²) in [5.41, 5.74) is 1.46. The maximum Gasteiger partial charge on any atom is 0.411 e. The van der Waals surface area contributed by atoms with Crippen LogP contribution in [0.5, 0.6) is 0 Å². The number of nitrogens with zero attached hydrogens (tertiary/aromatic N) is 2. The second-order valence-corrected chi connectivity index (χ2v) is 8.08. The fourth-order valence-corrected chi connectivity index (χ4v) is 3.53. The van der Waals surface area contributed by atoms with Gasteiger partial charge in [-0.1, -0.05) is 51.3 Å². The van der Waals surface area contributed by atoms with E-state index in [2.05, 4.69) is 20.8 Å². The van der Waals surface area contributed by atoms with Crippen molar-refractivity contribution in [2.24, 2.45) is 0 Å². The number of amides is 1. The van der Waals surface area contributed by atoms with E-state index >= 15 is 0 Å². The quantitative estimate of drug-likeness (QED) is 0.555. The van der Waals surface area contributed by atoms with Crippen molar-refractivity contribution in [3.63, 3.8) is 0 Å². The number of hydrogen-bond donors (Lipinski definition) is 0. The second-order valence-electron chi connectivity index (χ2n) is 6.11. The molecular weight excluding hydrogens is 439 g/mol. The highest BCUT2D eigenvalue weighted by Crippen LogP contribution is 2.30. The lowest BCUT2D eigenvalue weighted by Gasteiger charge is -2.42. The number of piperazine rings is 1. The molecule has 0 spiro atoms. The molecule has 7 heteroatoms. The first-order valence-corrected chi connectivity index (χ1v) is 9.92. The molecule has 1 amide bonds. The SMILES string of the molecule is CC(Cl)OC(=O)N1CCN(c2ccc(Cl)cc2)CC1c1ccc(Br)cc1. The Balaban J connectivity index is 1.86. The standard InChI is InChI=1S/C19H19BrCl2N2O2/c1-13(21)26-19(25)24-11-10-23(17-8-6-16(22)7-9-17)12-18(24)14-2-4-15(20)5-3-14/h2-9,13,18H,10-12H2,1H3. The maximum atomic E-state index is 12.5. The molecule has 0 aromatic heterocycles. The van der Waals surface area contributed by atoms with Gasteiger partial charge in [-0.25, -0.2) is 4.79 Å². The first-order chi connectivity index (χ1) is 12.4. The Morgan fingerprint density at radius 1 is 1.15 bits per heavy atom. The average molecular weight is 458 g/mol. The van der Waals surface area contributed by atoms with Crippen LogP contribution in [0.3, 0.4) is 0 Å². The van der Waals surface area contributed by atoms with Gasteiger partial charge in [0, 0.05) is 34.8 Å². The Kier molecular flexibility index (Phi) is 6.33. The first kappa shape index (κ1) is 19.3. The molecule has 1 fully saturated rings. The topological polar surface area (TPSA) is 32.8 Å². The third kappa shape index (κ3) is 4.64. The van der Waals surface area contributed by atoms with E-state index in [4.69, 9.17) is 27.9 Å². The van der Waals surface area contributed by atoms with E-state index < -0.39 is 11.7 Å². The van der Waals surface area contributed by atoms with E-state index in [1.165, 1.54) is 0 Å². The molecule has 0 N–H and O–H groups in total. The summed E-state index contributed by atoms with van der Waals surface area (Å²) in [6.07, 6.45) is -0.392. The summed E-state index contributed by atoms with van der Waals surface area (Å²) in [6, 6.07) is 15.6. The van der Waals surface area contributed by atoms with E-state index in [-0.39, 0.29) is 6.04 Å². The van der Waals surface area contributed by atoms with Crippen LogP contribution >= 0.6 is 39.1 Å². The van der Waals surface area contributed by atoms with Gasteiger partial charge in [0.15, 0.2) is 5.56 Å². The second kappa shape index (κ2) is 8.51. The molecule has 2 aromatic carbocycles. The highest BCUT2D eigenvalue weighted by Gasteiger charge is 2.33. The van der Waals surface area contributed by atoms with Crippen LogP contribution in [0.15, 0.2) is 53.0 Å². The van der Waals surface area contributed by atoms with Gasteiger partial charge in [-0.3, -0.25) is 4.90 Å².